The number of methoxy groups -OCH3 is 1. The van der Waals surface area contributed by atoms with Gasteiger partial charge in [-0.15, -0.1) is 0 Å². The van der Waals surface area contributed by atoms with Crippen molar-refractivity contribution in [2.75, 3.05) is 38.2 Å². The lowest BCUT2D eigenvalue weighted by atomic mass is 9.93. The van der Waals surface area contributed by atoms with Crippen LogP contribution in [-0.4, -0.2) is 55.9 Å². The molecule has 7 nitrogen and oxygen atoms in total. The highest BCUT2D eigenvalue weighted by molar-refractivity contribution is 5.74. The van der Waals surface area contributed by atoms with Crippen LogP contribution in [0, 0.1) is 19.8 Å². The number of aromatic nitrogens is 1. The molecule has 224 valence electrons. The molecule has 2 aliphatic rings. The molecule has 3 heterocycles. The fourth-order valence-corrected chi connectivity index (χ4v) is 6.16. The van der Waals surface area contributed by atoms with Crippen LogP contribution in [0.3, 0.4) is 0 Å². The number of piperidine rings is 1. The first-order valence-electron chi connectivity index (χ1n) is 15.2. The average Bonchev–Trinajstić information content (AvgIpc) is 3.21. The van der Waals surface area contributed by atoms with Gasteiger partial charge in [-0.25, -0.2) is 4.98 Å². The van der Waals surface area contributed by atoms with E-state index in [2.05, 4.69) is 54.4 Å². The smallest absolute Gasteiger partial charge is 0.312 e. The summed E-state index contributed by atoms with van der Waals surface area (Å²) in [4.78, 5) is 20.1. The Labute approximate surface area is 250 Å². The van der Waals surface area contributed by atoms with Crippen molar-refractivity contribution in [2.45, 2.75) is 72.2 Å². The molecule has 2 aromatic carbocycles. The van der Waals surface area contributed by atoms with Crippen LogP contribution in [0.5, 0.6) is 5.75 Å². The Bertz CT molecular complexity index is 1410. The second-order valence-electron chi connectivity index (χ2n) is 12.6. The predicted molar refractivity (Wildman–Crippen MR) is 167 cm³/mol. The van der Waals surface area contributed by atoms with Crippen LogP contribution in [0.2, 0.25) is 0 Å². The lowest BCUT2D eigenvalue weighted by molar-refractivity contribution is -0.165. The summed E-state index contributed by atoms with van der Waals surface area (Å²) < 4.78 is 18.0. The van der Waals surface area contributed by atoms with E-state index in [0.717, 1.165) is 54.3 Å². The van der Waals surface area contributed by atoms with Gasteiger partial charge in [0.15, 0.2) is 0 Å². The number of aryl methyl sites for hydroxylation is 2. The molecule has 3 aromatic rings. The molecule has 0 radical (unpaired) electrons. The van der Waals surface area contributed by atoms with Crippen molar-refractivity contribution in [1.82, 2.24) is 10.3 Å². The molecule has 0 saturated carbocycles. The molecule has 1 fully saturated rings. The number of carbonyl (C=O) groups excluding carboxylic acids is 1. The van der Waals surface area contributed by atoms with E-state index in [1.54, 1.807) is 7.11 Å². The third kappa shape index (κ3) is 6.96. The minimum Gasteiger partial charge on any atom is -0.488 e. The Balaban J connectivity index is 1.34. The van der Waals surface area contributed by atoms with Gasteiger partial charge in [-0.1, -0.05) is 30.3 Å². The van der Waals surface area contributed by atoms with Crippen LogP contribution in [0.25, 0.3) is 11.3 Å². The SMILES string of the molecule is CO[C@H]1CN(c2cccc(-c3cccc(C)c3OCc3cc(C)c4c(c3)CCNCC4)n2)CC[C@H]1C(=O)OC(C)(C)C. The first kappa shape index (κ1) is 30.1. The summed E-state index contributed by atoms with van der Waals surface area (Å²) in [5.74, 6) is 1.23. The van der Waals surface area contributed by atoms with Crippen molar-refractivity contribution in [1.29, 1.82) is 0 Å². The molecular formula is C35H45N3O4. The van der Waals surface area contributed by atoms with E-state index in [9.17, 15) is 4.79 Å². The van der Waals surface area contributed by atoms with Crippen LogP contribution >= 0.6 is 0 Å². The molecule has 0 aliphatic carbocycles. The van der Waals surface area contributed by atoms with Gasteiger partial charge >= 0.3 is 5.97 Å². The van der Waals surface area contributed by atoms with Gasteiger partial charge in [-0.2, -0.15) is 0 Å². The number of rotatable bonds is 7. The number of para-hydroxylation sites is 1. The third-order valence-corrected chi connectivity index (χ3v) is 8.25. The molecule has 0 spiro atoms. The normalized spacial score (nSPS) is 19.1. The van der Waals surface area contributed by atoms with E-state index >= 15 is 0 Å². The quantitative estimate of drug-likeness (QED) is 0.359. The minimum atomic E-state index is -0.522. The van der Waals surface area contributed by atoms with Crippen molar-refractivity contribution >= 4 is 11.8 Å². The molecule has 42 heavy (non-hydrogen) atoms. The van der Waals surface area contributed by atoms with E-state index in [4.69, 9.17) is 19.2 Å². The number of nitrogens with zero attached hydrogens (tertiary/aromatic N) is 2. The van der Waals surface area contributed by atoms with Gasteiger partial charge in [0.2, 0.25) is 0 Å². The number of nitrogens with one attached hydrogen (secondary N) is 1. The van der Waals surface area contributed by atoms with E-state index in [0.29, 0.717) is 26.1 Å². The topological polar surface area (TPSA) is 72.9 Å². The fourth-order valence-electron chi connectivity index (χ4n) is 6.16. The fraction of sp³-hybridized carbons (Fsp3) is 0.486. The van der Waals surface area contributed by atoms with Crippen LogP contribution in [-0.2, 0) is 33.7 Å². The summed E-state index contributed by atoms with van der Waals surface area (Å²) >= 11 is 0. The third-order valence-electron chi connectivity index (χ3n) is 8.25. The van der Waals surface area contributed by atoms with Crippen LogP contribution in [0.15, 0.2) is 48.5 Å². The van der Waals surface area contributed by atoms with Gasteiger partial charge < -0.3 is 24.4 Å². The summed E-state index contributed by atoms with van der Waals surface area (Å²) in [7, 11) is 1.66. The zero-order chi connectivity index (χ0) is 29.9. The number of fused-ring (bicyclic) bond motifs is 1. The molecule has 5 rings (SSSR count). The maximum absolute atomic E-state index is 12.9. The minimum absolute atomic E-state index is 0.196. The van der Waals surface area contributed by atoms with Crippen molar-refractivity contribution in [3.63, 3.8) is 0 Å². The molecule has 0 bridgehead atoms. The molecule has 1 saturated heterocycles. The van der Waals surface area contributed by atoms with Crippen molar-refractivity contribution in [2.24, 2.45) is 5.92 Å². The van der Waals surface area contributed by atoms with Gasteiger partial charge in [0.05, 0.1) is 17.7 Å². The zero-order valence-corrected chi connectivity index (χ0v) is 26.0. The molecule has 0 unspecified atom stereocenters. The number of hydrogen-bond donors (Lipinski definition) is 1. The van der Waals surface area contributed by atoms with E-state index in [-0.39, 0.29) is 18.0 Å². The lowest BCUT2D eigenvalue weighted by Gasteiger charge is -2.38. The van der Waals surface area contributed by atoms with Crippen LogP contribution in [0.4, 0.5) is 5.82 Å². The largest absolute Gasteiger partial charge is 0.488 e. The Hall–Kier alpha value is -3.42. The number of carbonyl (C=O) groups is 1. The number of hydrogen-bond acceptors (Lipinski definition) is 7. The Kier molecular flexibility index (Phi) is 9.19. The number of ether oxygens (including phenoxy) is 3. The highest BCUT2D eigenvalue weighted by atomic mass is 16.6. The zero-order valence-electron chi connectivity index (χ0n) is 26.0. The number of benzene rings is 2. The maximum Gasteiger partial charge on any atom is 0.312 e. The first-order valence-corrected chi connectivity index (χ1v) is 15.2. The number of anilines is 1. The van der Waals surface area contributed by atoms with Gasteiger partial charge in [0, 0.05) is 25.8 Å². The summed E-state index contributed by atoms with van der Waals surface area (Å²) in [5, 5.41) is 3.51. The summed E-state index contributed by atoms with van der Waals surface area (Å²) in [6.45, 7) is 13.8. The molecular weight excluding hydrogens is 526 g/mol. The summed E-state index contributed by atoms with van der Waals surface area (Å²) in [6, 6.07) is 16.9. The van der Waals surface area contributed by atoms with Crippen molar-refractivity contribution in [3.8, 4) is 17.0 Å². The molecule has 0 amide bonds. The van der Waals surface area contributed by atoms with E-state index < -0.39 is 5.60 Å². The monoisotopic (exact) mass is 571 g/mol. The van der Waals surface area contributed by atoms with Gasteiger partial charge in [-0.3, -0.25) is 4.79 Å². The summed E-state index contributed by atoms with van der Waals surface area (Å²) in [6.07, 6.45) is 2.51. The van der Waals surface area contributed by atoms with Gasteiger partial charge in [0.1, 0.15) is 23.8 Å². The molecule has 2 atom stereocenters. The summed E-state index contributed by atoms with van der Waals surface area (Å²) in [5.41, 5.74) is 7.84. The van der Waals surface area contributed by atoms with E-state index in [1.165, 1.54) is 22.3 Å². The van der Waals surface area contributed by atoms with E-state index in [1.807, 2.05) is 39.0 Å². The lowest BCUT2D eigenvalue weighted by Crippen LogP contribution is -2.49. The molecule has 1 N–H and O–H groups in total. The standard InChI is InChI=1S/C35H45N3O4/c1-23-9-7-10-28(33(23)41-22-25-19-24(2)27-14-17-36-16-13-26(27)20-25)30-11-8-12-32(37-30)38-18-15-29(31(21-38)40-6)34(39)42-35(3,4)5/h7-12,19-20,29,31,36H,13-18,21-22H2,1-6H3/t29-,31+/m1/s1. The number of pyridine rings is 1. The Morgan fingerprint density at radius 1 is 1.05 bits per heavy atom. The highest BCUT2D eigenvalue weighted by Crippen LogP contribution is 2.35. The first-order chi connectivity index (χ1) is 20.1. The molecule has 2 aliphatic heterocycles. The number of esters is 1. The van der Waals surface area contributed by atoms with Crippen LogP contribution in [0.1, 0.15) is 55.0 Å². The molecule has 7 heteroatoms. The Morgan fingerprint density at radius 3 is 2.62 bits per heavy atom. The predicted octanol–water partition coefficient (Wildman–Crippen LogP) is 5.82. The second kappa shape index (κ2) is 12.8. The van der Waals surface area contributed by atoms with Gasteiger partial charge in [0.25, 0.3) is 0 Å². The van der Waals surface area contributed by atoms with Crippen LogP contribution < -0.4 is 15.0 Å². The Morgan fingerprint density at radius 2 is 1.83 bits per heavy atom. The van der Waals surface area contributed by atoms with Gasteiger partial charge in [-0.05, 0) is 113 Å². The maximum atomic E-state index is 12.9. The van der Waals surface area contributed by atoms with Crippen molar-refractivity contribution in [3.05, 3.63) is 76.3 Å². The molecule has 1 aromatic heterocycles. The second-order valence-corrected chi connectivity index (χ2v) is 12.6. The average molecular weight is 572 g/mol. The van der Waals surface area contributed by atoms with Crippen molar-refractivity contribution < 1.29 is 19.0 Å². The highest BCUT2D eigenvalue weighted by Gasteiger charge is 2.37.